The number of likely N-dealkylation sites (tertiary alicyclic amines) is 1. The highest BCUT2D eigenvalue weighted by atomic mass is 19.4. The van der Waals surface area contributed by atoms with E-state index < -0.39 is 53.1 Å². The number of nitrogens with zero attached hydrogens (tertiary/aromatic N) is 2. The number of benzene rings is 1. The Labute approximate surface area is 177 Å². The summed E-state index contributed by atoms with van der Waals surface area (Å²) in [5.74, 6) is -2.77. The molecule has 3 rings (SSSR count). The fourth-order valence-corrected chi connectivity index (χ4v) is 3.42. The molecule has 6 nitrogen and oxygen atoms in total. The van der Waals surface area contributed by atoms with Crippen molar-refractivity contribution in [2.24, 2.45) is 0 Å². The maximum absolute atomic E-state index is 13.3. The standard InChI is InChI=1S/C20H16F6N2O4/c21-19(22,23)12-2-4-13(5-3-12)32-18(17(30)31)7-1-9-28(11-18)16(29)14-10-27-8-6-15(14)20(24,25)26/h2-6,8,10H,1,7,9,11H2,(H,30,31). The number of rotatable bonds is 4. The number of hydrogen-bond acceptors (Lipinski definition) is 4. The van der Waals surface area contributed by atoms with Gasteiger partial charge in [0.05, 0.1) is 23.2 Å². The van der Waals surface area contributed by atoms with E-state index in [0.717, 1.165) is 29.4 Å². The number of halogens is 6. The SMILES string of the molecule is O=C(c1cnccc1C(F)(F)F)N1CCCC(Oc2ccc(C(F)(F)F)cc2)(C(=O)O)C1. The number of aromatic nitrogens is 1. The monoisotopic (exact) mass is 462 g/mol. The van der Waals surface area contributed by atoms with Crippen molar-refractivity contribution in [3.8, 4) is 5.75 Å². The maximum Gasteiger partial charge on any atom is 0.417 e. The minimum Gasteiger partial charge on any atom is -0.478 e. The first kappa shape index (κ1) is 23.4. The first-order valence-corrected chi connectivity index (χ1v) is 9.24. The van der Waals surface area contributed by atoms with Crippen LogP contribution in [-0.2, 0) is 17.1 Å². The fourth-order valence-electron chi connectivity index (χ4n) is 3.42. The Morgan fingerprint density at radius 2 is 1.69 bits per heavy atom. The van der Waals surface area contributed by atoms with Gasteiger partial charge >= 0.3 is 18.3 Å². The molecule has 1 aliphatic rings. The summed E-state index contributed by atoms with van der Waals surface area (Å²) in [6.45, 7) is -0.634. The Morgan fingerprint density at radius 1 is 1.03 bits per heavy atom. The highest BCUT2D eigenvalue weighted by molar-refractivity contribution is 5.96. The largest absolute Gasteiger partial charge is 0.478 e. The Bertz CT molecular complexity index is 1010. The van der Waals surface area contributed by atoms with Crippen molar-refractivity contribution in [2.75, 3.05) is 13.1 Å². The van der Waals surface area contributed by atoms with Crippen LogP contribution >= 0.6 is 0 Å². The molecule has 12 heteroatoms. The van der Waals surface area contributed by atoms with Gasteiger partial charge in [0.25, 0.3) is 5.91 Å². The van der Waals surface area contributed by atoms with Crippen LogP contribution in [0, 0.1) is 0 Å². The number of amides is 1. The molecular formula is C20H16F6N2O4. The summed E-state index contributed by atoms with van der Waals surface area (Å²) >= 11 is 0. The van der Waals surface area contributed by atoms with Gasteiger partial charge < -0.3 is 14.7 Å². The minimum atomic E-state index is -4.83. The summed E-state index contributed by atoms with van der Waals surface area (Å²) < 4.78 is 83.5. The molecule has 172 valence electrons. The Balaban J connectivity index is 1.87. The second-order valence-electron chi connectivity index (χ2n) is 7.17. The molecule has 1 atom stereocenters. The molecule has 0 bridgehead atoms. The van der Waals surface area contributed by atoms with Crippen LogP contribution < -0.4 is 4.74 Å². The summed E-state index contributed by atoms with van der Waals surface area (Å²) in [6.07, 6.45) is -7.82. The molecule has 1 N–H and O–H groups in total. The zero-order chi connectivity index (χ0) is 23.7. The number of hydrogen-bond donors (Lipinski definition) is 1. The zero-order valence-electron chi connectivity index (χ0n) is 16.2. The molecular weight excluding hydrogens is 446 g/mol. The molecule has 2 aromatic rings. The lowest BCUT2D eigenvalue weighted by Crippen LogP contribution is -2.58. The second kappa shape index (κ2) is 8.32. The van der Waals surface area contributed by atoms with Crippen molar-refractivity contribution in [3.63, 3.8) is 0 Å². The lowest BCUT2D eigenvalue weighted by atomic mass is 9.91. The van der Waals surface area contributed by atoms with Gasteiger partial charge in [0.1, 0.15) is 5.75 Å². The number of piperidine rings is 1. The third-order valence-corrected chi connectivity index (χ3v) is 4.98. The third kappa shape index (κ3) is 4.78. The van der Waals surface area contributed by atoms with E-state index in [9.17, 15) is 41.0 Å². The predicted molar refractivity (Wildman–Crippen MR) is 96.8 cm³/mol. The van der Waals surface area contributed by atoms with E-state index in [0.29, 0.717) is 18.2 Å². The van der Waals surface area contributed by atoms with E-state index in [1.165, 1.54) is 0 Å². The molecule has 1 unspecified atom stereocenters. The number of carboxylic acid groups (broad SMARTS) is 1. The molecule has 0 aliphatic carbocycles. The normalized spacial score (nSPS) is 19.5. The summed E-state index contributed by atoms with van der Waals surface area (Å²) in [4.78, 5) is 29.3. The Morgan fingerprint density at radius 3 is 2.25 bits per heavy atom. The van der Waals surface area contributed by atoms with Crippen molar-refractivity contribution < 1.29 is 45.8 Å². The minimum absolute atomic E-state index is 0.0313. The molecule has 0 saturated carbocycles. The average molecular weight is 462 g/mol. The van der Waals surface area contributed by atoms with E-state index in [-0.39, 0.29) is 25.1 Å². The Hall–Kier alpha value is -3.31. The maximum atomic E-state index is 13.3. The van der Waals surface area contributed by atoms with Crippen LogP contribution in [0.2, 0.25) is 0 Å². The lowest BCUT2D eigenvalue weighted by Gasteiger charge is -2.40. The van der Waals surface area contributed by atoms with E-state index in [2.05, 4.69) is 4.98 Å². The van der Waals surface area contributed by atoms with E-state index in [1.54, 1.807) is 0 Å². The van der Waals surface area contributed by atoms with E-state index in [1.807, 2.05) is 0 Å². The van der Waals surface area contributed by atoms with Gasteiger partial charge in [0.15, 0.2) is 0 Å². The van der Waals surface area contributed by atoms with Crippen molar-refractivity contribution in [2.45, 2.75) is 30.8 Å². The van der Waals surface area contributed by atoms with Crippen LogP contribution in [0.3, 0.4) is 0 Å². The summed E-state index contributed by atoms with van der Waals surface area (Å²) in [7, 11) is 0. The Kier molecular flexibility index (Phi) is 6.07. The molecule has 1 aromatic carbocycles. The van der Waals surface area contributed by atoms with Crippen LogP contribution in [0.5, 0.6) is 5.75 Å². The highest BCUT2D eigenvalue weighted by Crippen LogP contribution is 2.35. The van der Waals surface area contributed by atoms with Gasteiger partial charge in [-0.1, -0.05) is 0 Å². The quantitative estimate of drug-likeness (QED) is 0.688. The first-order valence-electron chi connectivity index (χ1n) is 9.24. The van der Waals surface area contributed by atoms with Gasteiger partial charge in [-0.05, 0) is 36.8 Å². The van der Waals surface area contributed by atoms with Crippen molar-refractivity contribution in [1.82, 2.24) is 9.88 Å². The van der Waals surface area contributed by atoms with Crippen molar-refractivity contribution in [3.05, 3.63) is 59.4 Å². The molecule has 32 heavy (non-hydrogen) atoms. The molecule has 0 radical (unpaired) electrons. The number of pyridine rings is 1. The first-order chi connectivity index (χ1) is 14.8. The second-order valence-corrected chi connectivity index (χ2v) is 7.17. The number of carbonyl (C=O) groups excluding carboxylic acids is 1. The number of aliphatic carboxylic acids is 1. The molecule has 1 saturated heterocycles. The van der Waals surface area contributed by atoms with E-state index in [4.69, 9.17) is 4.74 Å². The molecule has 1 aromatic heterocycles. The fraction of sp³-hybridized carbons (Fsp3) is 0.350. The van der Waals surface area contributed by atoms with Gasteiger partial charge in [0, 0.05) is 25.4 Å². The van der Waals surface area contributed by atoms with Gasteiger partial charge in [-0.25, -0.2) is 4.79 Å². The third-order valence-electron chi connectivity index (χ3n) is 4.98. The van der Waals surface area contributed by atoms with Crippen LogP contribution in [0.15, 0.2) is 42.7 Å². The van der Waals surface area contributed by atoms with Crippen molar-refractivity contribution >= 4 is 11.9 Å². The van der Waals surface area contributed by atoms with Crippen LogP contribution in [0.25, 0.3) is 0 Å². The summed E-state index contributed by atoms with van der Waals surface area (Å²) in [6, 6.07) is 3.94. The lowest BCUT2D eigenvalue weighted by molar-refractivity contribution is -0.159. The predicted octanol–water partition coefficient (Wildman–Crippen LogP) is 4.26. The van der Waals surface area contributed by atoms with Crippen LogP contribution in [0.1, 0.15) is 34.3 Å². The molecule has 2 heterocycles. The van der Waals surface area contributed by atoms with Gasteiger partial charge in [0.2, 0.25) is 5.60 Å². The van der Waals surface area contributed by atoms with Gasteiger partial charge in [-0.15, -0.1) is 0 Å². The van der Waals surface area contributed by atoms with Crippen LogP contribution in [-0.4, -0.2) is 45.6 Å². The molecule has 1 amide bonds. The zero-order valence-corrected chi connectivity index (χ0v) is 16.2. The summed E-state index contributed by atoms with van der Waals surface area (Å²) in [5, 5.41) is 9.75. The van der Waals surface area contributed by atoms with Gasteiger partial charge in [-0.3, -0.25) is 9.78 Å². The topological polar surface area (TPSA) is 79.7 Å². The average Bonchev–Trinajstić information content (AvgIpc) is 2.72. The van der Waals surface area contributed by atoms with Gasteiger partial charge in [-0.2, -0.15) is 26.3 Å². The molecule has 1 fully saturated rings. The number of ether oxygens (including phenoxy) is 1. The molecule has 1 aliphatic heterocycles. The number of alkyl halides is 6. The number of carbonyl (C=O) groups is 2. The van der Waals surface area contributed by atoms with Crippen molar-refractivity contribution in [1.29, 1.82) is 0 Å². The van der Waals surface area contributed by atoms with Crippen LogP contribution in [0.4, 0.5) is 26.3 Å². The molecule has 0 spiro atoms. The summed E-state index contributed by atoms with van der Waals surface area (Å²) in [5.41, 5.74) is -4.97. The highest BCUT2D eigenvalue weighted by Gasteiger charge is 2.47. The number of carboxylic acids is 1. The van der Waals surface area contributed by atoms with E-state index >= 15 is 0 Å². The smallest absolute Gasteiger partial charge is 0.417 e.